The first-order chi connectivity index (χ1) is 8.74. The Morgan fingerprint density at radius 1 is 1.61 bits per heavy atom. The molecule has 92 valence electrons. The van der Waals surface area contributed by atoms with Gasteiger partial charge in [0.15, 0.2) is 0 Å². The maximum absolute atomic E-state index is 11.9. The molecule has 0 bridgehead atoms. The van der Waals surface area contributed by atoms with Crippen molar-refractivity contribution in [2.45, 2.75) is 12.8 Å². The molecule has 0 unspecified atom stereocenters. The molecule has 0 saturated carbocycles. The van der Waals surface area contributed by atoms with E-state index in [-0.39, 0.29) is 5.91 Å². The number of fused-ring (bicyclic) bond motifs is 1. The van der Waals surface area contributed by atoms with Crippen LogP contribution in [-0.2, 0) is 0 Å². The monoisotopic (exact) mass is 259 g/mol. The van der Waals surface area contributed by atoms with E-state index in [0.717, 1.165) is 16.6 Å². The molecule has 2 heterocycles. The molecule has 5 heteroatoms. The van der Waals surface area contributed by atoms with E-state index < -0.39 is 0 Å². The molecular formula is C13H13N3OS. The molecule has 0 spiro atoms. The van der Waals surface area contributed by atoms with Gasteiger partial charge in [-0.25, -0.2) is 4.98 Å². The third-order valence-corrected chi connectivity index (χ3v) is 3.62. The maximum atomic E-state index is 11.9. The quantitative estimate of drug-likeness (QED) is 0.652. The first kappa shape index (κ1) is 12.4. The van der Waals surface area contributed by atoms with Gasteiger partial charge in [-0.15, -0.1) is 23.7 Å². The fourth-order valence-electron chi connectivity index (χ4n) is 1.59. The molecule has 0 radical (unpaired) electrons. The van der Waals surface area contributed by atoms with E-state index >= 15 is 0 Å². The van der Waals surface area contributed by atoms with Crippen LogP contribution in [0.4, 0.5) is 5.69 Å². The molecule has 18 heavy (non-hydrogen) atoms. The molecule has 0 atom stereocenters. The van der Waals surface area contributed by atoms with Crippen LogP contribution in [0.5, 0.6) is 0 Å². The molecule has 2 aromatic heterocycles. The summed E-state index contributed by atoms with van der Waals surface area (Å²) in [4.78, 5) is 17.4. The van der Waals surface area contributed by atoms with Gasteiger partial charge in [0.25, 0.3) is 5.91 Å². The van der Waals surface area contributed by atoms with Crippen molar-refractivity contribution in [2.24, 2.45) is 0 Å². The Bertz CT molecular complexity index is 612. The number of carbonyl (C=O) groups excluding carboxylic acids is 1. The summed E-state index contributed by atoms with van der Waals surface area (Å²) in [5.41, 5.74) is 6.45. The number of nitrogens with one attached hydrogen (secondary N) is 1. The van der Waals surface area contributed by atoms with E-state index in [1.807, 2.05) is 6.07 Å². The normalized spacial score (nSPS) is 10.2. The number of nitrogen functional groups attached to an aromatic ring is 1. The molecule has 0 saturated heterocycles. The van der Waals surface area contributed by atoms with Crippen LogP contribution in [0.15, 0.2) is 18.3 Å². The lowest BCUT2D eigenvalue weighted by atomic mass is 10.2. The van der Waals surface area contributed by atoms with Crippen molar-refractivity contribution >= 4 is 33.1 Å². The van der Waals surface area contributed by atoms with E-state index in [1.54, 1.807) is 12.3 Å². The zero-order chi connectivity index (χ0) is 13.0. The number of pyridine rings is 1. The molecule has 0 fully saturated rings. The number of hydrogen-bond donors (Lipinski definition) is 2. The molecule has 1 amide bonds. The Labute approximate surface area is 109 Å². The van der Waals surface area contributed by atoms with Gasteiger partial charge in [0.05, 0.1) is 5.69 Å². The van der Waals surface area contributed by atoms with Crippen LogP contribution in [0, 0.1) is 12.3 Å². The van der Waals surface area contributed by atoms with Crippen LogP contribution < -0.4 is 11.1 Å². The number of anilines is 1. The Balaban J connectivity index is 2.13. The molecule has 0 aliphatic rings. The first-order valence-electron chi connectivity index (χ1n) is 5.58. The summed E-state index contributed by atoms with van der Waals surface area (Å²) in [6.07, 6.45) is 8.26. The first-order valence-corrected chi connectivity index (χ1v) is 6.40. The highest BCUT2D eigenvalue weighted by molar-refractivity contribution is 7.21. The van der Waals surface area contributed by atoms with Gasteiger partial charge < -0.3 is 11.1 Å². The largest absolute Gasteiger partial charge is 0.397 e. The number of terminal acetylenes is 1. The minimum absolute atomic E-state index is 0.160. The van der Waals surface area contributed by atoms with Gasteiger partial charge in [-0.3, -0.25) is 4.79 Å². The van der Waals surface area contributed by atoms with Crippen molar-refractivity contribution in [1.29, 1.82) is 0 Å². The average molecular weight is 259 g/mol. The fraction of sp³-hybridized carbons (Fsp3) is 0.231. The van der Waals surface area contributed by atoms with Crippen molar-refractivity contribution in [1.82, 2.24) is 10.3 Å². The lowest BCUT2D eigenvalue weighted by Crippen LogP contribution is -2.24. The summed E-state index contributed by atoms with van der Waals surface area (Å²) in [5, 5.41) is 3.63. The van der Waals surface area contributed by atoms with Gasteiger partial charge in [0, 0.05) is 24.5 Å². The molecule has 0 aromatic carbocycles. The molecule has 4 nitrogen and oxygen atoms in total. The third-order valence-electron chi connectivity index (χ3n) is 2.49. The summed E-state index contributed by atoms with van der Waals surface area (Å²) >= 11 is 1.31. The number of amides is 1. The van der Waals surface area contributed by atoms with E-state index in [2.05, 4.69) is 16.2 Å². The molecular weight excluding hydrogens is 246 g/mol. The summed E-state index contributed by atoms with van der Waals surface area (Å²) < 4.78 is 0. The lowest BCUT2D eigenvalue weighted by Gasteiger charge is -2.02. The van der Waals surface area contributed by atoms with Crippen molar-refractivity contribution in [3.05, 3.63) is 23.2 Å². The number of rotatable bonds is 4. The van der Waals surface area contributed by atoms with E-state index in [4.69, 9.17) is 12.2 Å². The summed E-state index contributed by atoms with van der Waals surface area (Å²) in [6, 6.07) is 3.67. The second kappa shape index (κ2) is 5.52. The smallest absolute Gasteiger partial charge is 0.263 e. The second-order valence-corrected chi connectivity index (χ2v) is 4.76. The van der Waals surface area contributed by atoms with E-state index in [1.165, 1.54) is 11.3 Å². The van der Waals surface area contributed by atoms with Crippen LogP contribution in [0.1, 0.15) is 22.5 Å². The SMILES string of the molecule is C#CCCCNC(=O)c1sc2ncccc2c1N. The average Bonchev–Trinajstić information content (AvgIpc) is 2.73. The van der Waals surface area contributed by atoms with Crippen LogP contribution in [0.25, 0.3) is 10.2 Å². The number of carbonyl (C=O) groups is 1. The number of unbranched alkanes of at least 4 members (excludes halogenated alkanes) is 1. The topological polar surface area (TPSA) is 68.0 Å². The Morgan fingerprint density at radius 3 is 3.17 bits per heavy atom. The maximum Gasteiger partial charge on any atom is 0.263 e. The summed E-state index contributed by atoms with van der Waals surface area (Å²) in [7, 11) is 0. The highest BCUT2D eigenvalue weighted by Gasteiger charge is 2.16. The van der Waals surface area contributed by atoms with Gasteiger partial charge in [0.2, 0.25) is 0 Å². The lowest BCUT2D eigenvalue weighted by molar-refractivity contribution is 0.0958. The van der Waals surface area contributed by atoms with Gasteiger partial charge in [-0.1, -0.05) is 0 Å². The van der Waals surface area contributed by atoms with Crippen molar-refractivity contribution in [2.75, 3.05) is 12.3 Å². The molecule has 3 N–H and O–H groups in total. The van der Waals surface area contributed by atoms with Crippen LogP contribution in [0.3, 0.4) is 0 Å². The van der Waals surface area contributed by atoms with Crippen LogP contribution in [0.2, 0.25) is 0 Å². The zero-order valence-corrected chi connectivity index (χ0v) is 10.6. The predicted octanol–water partition coefficient (Wildman–Crippen LogP) is 2.02. The number of nitrogens with zero attached hydrogens (tertiary/aromatic N) is 1. The number of aromatic nitrogens is 1. The van der Waals surface area contributed by atoms with Crippen LogP contribution >= 0.6 is 11.3 Å². The standard InChI is InChI=1S/C13H13N3OS/c1-2-3-4-7-15-12(17)11-10(14)9-6-5-8-16-13(9)18-11/h1,5-6,8H,3-4,7,14H2,(H,15,17). The van der Waals surface area contributed by atoms with Gasteiger partial charge in [0.1, 0.15) is 9.71 Å². The molecule has 0 aliphatic carbocycles. The third kappa shape index (κ3) is 2.44. The number of hydrogen-bond acceptors (Lipinski definition) is 4. The molecule has 0 aliphatic heterocycles. The van der Waals surface area contributed by atoms with Crippen molar-refractivity contribution in [3.63, 3.8) is 0 Å². The second-order valence-electron chi connectivity index (χ2n) is 3.76. The fourth-order valence-corrected chi connectivity index (χ4v) is 2.57. The van der Waals surface area contributed by atoms with Crippen LogP contribution in [-0.4, -0.2) is 17.4 Å². The molecule has 2 rings (SSSR count). The van der Waals surface area contributed by atoms with E-state index in [0.29, 0.717) is 23.5 Å². The minimum atomic E-state index is -0.160. The van der Waals surface area contributed by atoms with Gasteiger partial charge >= 0.3 is 0 Å². The Hall–Kier alpha value is -2.06. The zero-order valence-electron chi connectivity index (χ0n) is 9.77. The number of thiophene rings is 1. The minimum Gasteiger partial charge on any atom is -0.397 e. The van der Waals surface area contributed by atoms with Crippen molar-refractivity contribution < 1.29 is 4.79 Å². The Morgan fingerprint density at radius 2 is 2.44 bits per heavy atom. The Kier molecular flexibility index (Phi) is 3.80. The van der Waals surface area contributed by atoms with Crippen molar-refractivity contribution in [3.8, 4) is 12.3 Å². The summed E-state index contributed by atoms with van der Waals surface area (Å²) in [6.45, 7) is 0.560. The van der Waals surface area contributed by atoms with Gasteiger partial charge in [-0.2, -0.15) is 0 Å². The summed E-state index contributed by atoms with van der Waals surface area (Å²) in [5.74, 6) is 2.37. The highest BCUT2D eigenvalue weighted by Crippen LogP contribution is 2.31. The van der Waals surface area contributed by atoms with Gasteiger partial charge in [-0.05, 0) is 18.6 Å². The predicted molar refractivity (Wildman–Crippen MR) is 74.4 cm³/mol. The highest BCUT2D eigenvalue weighted by atomic mass is 32.1. The van der Waals surface area contributed by atoms with E-state index in [9.17, 15) is 4.79 Å². The molecule has 2 aromatic rings. The number of nitrogens with two attached hydrogens (primary N) is 1.